The van der Waals surface area contributed by atoms with Crippen LogP contribution < -0.4 is 9.64 Å². The lowest BCUT2D eigenvalue weighted by molar-refractivity contribution is -0.121. The van der Waals surface area contributed by atoms with Gasteiger partial charge >= 0.3 is 0 Å². The van der Waals surface area contributed by atoms with E-state index in [9.17, 15) is 9.18 Å². The van der Waals surface area contributed by atoms with Crippen LogP contribution in [-0.4, -0.2) is 12.5 Å². The Kier molecular flexibility index (Phi) is 3.32. The molecule has 2 aromatic carbocycles. The van der Waals surface area contributed by atoms with Gasteiger partial charge in [0.05, 0.1) is 12.2 Å². The van der Waals surface area contributed by atoms with Crippen LogP contribution >= 0.6 is 11.6 Å². The van der Waals surface area contributed by atoms with Gasteiger partial charge in [-0.25, -0.2) is 4.39 Å². The highest BCUT2D eigenvalue weighted by Crippen LogP contribution is 2.35. The molecule has 0 bridgehead atoms. The van der Waals surface area contributed by atoms with E-state index in [0.717, 1.165) is 0 Å². The summed E-state index contributed by atoms with van der Waals surface area (Å²) >= 11 is 5.96. The van der Waals surface area contributed by atoms with E-state index in [1.165, 1.54) is 12.1 Å². The molecule has 20 heavy (non-hydrogen) atoms. The summed E-state index contributed by atoms with van der Waals surface area (Å²) in [6.07, 6.45) is 0. The molecule has 1 heterocycles. The number of hydrogen-bond donors (Lipinski definition) is 0. The van der Waals surface area contributed by atoms with Crippen LogP contribution in [0.15, 0.2) is 42.5 Å². The van der Waals surface area contributed by atoms with Crippen molar-refractivity contribution in [2.24, 2.45) is 0 Å². The summed E-state index contributed by atoms with van der Waals surface area (Å²) in [6, 6.07) is 11.3. The van der Waals surface area contributed by atoms with E-state index in [1.54, 1.807) is 35.2 Å². The summed E-state index contributed by atoms with van der Waals surface area (Å²) in [5.74, 6) is 0.101. The van der Waals surface area contributed by atoms with Crippen LogP contribution in [0.3, 0.4) is 0 Å². The molecule has 0 aliphatic carbocycles. The third-order valence-corrected chi connectivity index (χ3v) is 3.33. The van der Waals surface area contributed by atoms with Crippen LogP contribution in [0.5, 0.6) is 5.75 Å². The predicted molar refractivity (Wildman–Crippen MR) is 74.5 cm³/mol. The molecule has 0 N–H and O–H groups in total. The third-order valence-electron chi connectivity index (χ3n) is 3.09. The zero-order chi connectivity index (χ0) is 14.1. The first kappa shape index (κ1) is 12.9. The summed E-state index contributed by atoms with van der Waals surface area (Å²) < 4.78 is 18.6. The van der Waals surface area contributed by atoms with E-state index in [2.05, 4.69) is 0 Å². The molecule has 0 saturated heterocycles. The van der Waals surface area contributed by atoms with E-state index in [0.29, 0.717) is 22.0 Å². The Morgan fingerprint density at radius 2 is 2.10 bits per heavy atom. The highest BCUT2D eigenvalue weighted by molar-refractivity contribution is 6.31. The fourth-order valence-electron chi connectivity index (χ4n) is 2.17. The monoisotopic (exact) mass is 291 g/mol. The number of halogens is 2. The number of ether oxygens (including phenoxy) is 1. The van der Waals surface area contributed by atoms with Crippen molar-refractivity contribution in [1.82, 2.24) is 0 Å². The van der Waals surface area contributed by atoms with Crippen LogP contribution in [0, 0.1) is 5.82 Å². The van der Waals surface area contributed by atoms with Gasteiger partial charge in [0.15, 0.2) is 6.61 Å². The molecule has 102 valence electrons. The van der Waals surface area contributed by atoms with E-state index < -0.39 is 0 Å². The van der Waals surface area contributed by atoms with E-state index in [4.69, 9.17) is 16.3 Å². The van der Waals surface area contributed by atoms with Crippen molar-refractivity contribution in [3.8, 4) is 5.75 Å². The van der Waals surface area contributed by atoms with Crippen LogP contribution in [0.4, 0.5) is 10.1 Å². The fourth-order valence-corrected chi connectivity index (χ4v) is 2.33. The Morgan fingerprint density at radius 3 is 2.90 bits per heavy atom. The van der Waals surface area contributed by atoms with Crippen LogP contribution in [0.1, 0.15) is 5.56 Å². The summed E-state index contributed by atoms with van der Waals surface area (Å²) in [7, 11) is 0. The number of anilines is 1. The van der Waals surface area contributed by atoms with Crippen molar-refractivity contribution in [3.05, 3.63) is 58.9 Å². The number of nitrogens with zero attached hydrogens (tertiary/aromatic N) is 1. The molecule has 5 heteroatoms. The largest absolute Gasteiger partial charge is 0.482 e. The normalized spacial score (nSPS) is 13.9. The van der Waals surface area contributed by atoms with Crippen LogP contribution in [0.2, 0.25) is 5.02 Å². The van der Waals surface area contributed by atoms with Crippen molar-refractivity contribution in [1.29, 1.82) is 0 Å². The van der Waals surface area contributed by atoms with E-state index >= 15 is 0 Å². The van der Waals surface area contributed by atoms with Gasteiger partial charge in [0, 0.05) is 5.02 Å². The van der Waals surface area contributed by atoms with Crippen molar-refractivity contribution in [2.45, 2.75) is 6.54 Å². The summed E-state index contributed by atoms with van der Waals surface area (Å²) in [5, 5.41) is 0.520. The molecular formula is C15H11ClFNO2. The van der Waals surface area contributed by atoms with Gasteiger partial charge < -0.3 is 9.64 Å². The maximum Gasteiger partial charge on any atom is 0.265 e. The summed E-state index contributed by atoms with van der Waals surface area (Å²) in [5.41, 5.74) is 1.32. The predicted octanol–water partition coefficient (Wildman–Crippen LogP) is 3.40. The third kappa shape index (κ3) is 2.47. The van der Waals surface area contributed by atoms with Gasteiger partial charge in [-0.2, -0.15) is 0 Å². The highest BCUT2D eigenvalue weighted by atomic mass is 35.5. The maximum atomic E-state index is 13.2. The Hall–Kier alpha value is -2.07. The Labute approximate surface area is 120 Å². The first-order chi connectivity index (χ1) is 9.63. The van der Waals surface area contributed by atoms with Gasteiger partial charge in [0.1, 0.15) is 11.6 Å². The lowest BCUT2D eigenvalue weighted by Crippen LogP contribution is -2.38. The number of fused-ring (bicyclic) bond motifs is 1. The fraction of sp³-hybridized carbons (Fsp3) is 0.133. The Balaban J connectivity index is 1.97. The molecular weight excluding hydrogens is 281 g/mol. The minimum atomic E-state index is -0.325. The molecule has 3 rings (SSSR count). The molecule has 3 nitrogen and oxygen atoms in total. The SMILES string of the molecule is O=C1COc2ccc(Cl)cc2N1Cc1cccc(F)c1. The number of rotatable bonds is 2. The van der Waals surface area contributed by atoms with Crippen molar-refractivity contribution in [2.75, 3.05) is 11.5 Å². The molecule has 1 amide bonds. The highest BCUT2D eigenvalue weighted by Gasteiger charge is 2.25. The average Bonchev–Trinajstić information content (AvgIpc) is 2.42. The standard InChI is InChI=1S/C15H11ClFNO2/c16-11-4-5-14-13(7-11)18(15(19)9-20-14)8-10-2-1-3-12(17)6-10/h1-7H,8-9H2. The van der Waals surface area contributed by atoms with Gasteiger partial charge in [0.2, 0.25) is 0 Å². The number of hydrogen-bond acceptors (Lipinski definition) is 2. The molecule has 2 aromatic rings. The molecule has 0 spiro atoms. The first-order valence-corrected chi connectivity index (χ1v) is 6.48. The second-order valence-electron chi connectivity index (χ2n) is 4.51. The molecule has 0 radical (unpaired) electrons. The maximum absolute atomic E-state index is 13.2. The number of amides is 1. The van der Waals surface area contributed by atoms with Gasteiger partial charge in [-0.15, -0.1) is 0 Å². The van der Waals surface area contributed by atoms with Crippen molar-refractivity contribution in [3.63, 3.8) is 0 Å². The summed E-state index contributed by atoms with van der Waals surface area (Å²) in [6.45, 7) is 0.261. The number of carbonyl (C=O) groups excluding carboxylic acids is 1. The lowest BCUT2D eigenvalue weighted by Gasteiger charge is -2.29. The van der Waals surface area contributed by atoms with Gasteiger partial charge in [-0.3, -0.25) is 4.79 Å². The van der Waals surface area contributed by atoms with Crippen LogP contribution in [-0.2, 0) is 11.3 Å². The first-order valence-electron chi connectivity index (χ1n) is 6.10. The van der Waals surface area contributed by atoms with Gasteiger partial charge in [0.25, 0.3) is 5.91 Å². The Bertz CT molecular complexity index is 675. The van der Waals surface area contributed by atoms with Crippen molar-refractivity contribution >= 4 is 23.2 Å². The van der Waals surface area contributed by atoms with E-state index in [-0.39, 0.29) is 24.9 Å². The quantitative estimate of drug-likeness (QED) is 0.849. The second-order valence-corrected chi connectivity index (χ2v) is 4.95. The number of carbonyl (C=O) groups is 1. The molecule has 0 saturated carbocycles. The smallest absolute Gasteiger partial charge is 0.265 e. The van der Waals surface area contributed by atoms with E-state index in [1.807, 2.05) is 0 Å². The van der Waals surface area contributed by atoms with Crippen molar-refractivity contribution < 1.29 is 13.9 Å². The number of benzene rings is 2. The van der Waals surface area contributed by atoms with Crippen LogP contribution in [0.25, 0.3) is 0 Å². The molecule has 1 aliphatic heterocycles. The molecule has 1 aliphatic rings. The summed E-state index contributed by atoms with van der Waals surface area (Å²) in [4.78, 5) is 13.6. The second kappa shape index (κ2) is 5.13. The minimum Gasteiger partial charge on any atom is -0.482 e. The zero-order valence-corrected chi connectivity index (χ0v) is 11.2. The minimum absolute atomic E-state index is 0.0239. The Morgan fingerprint density at radius 1 is 1.25 bits per heavy atom. The average molecular weight is 292 g/mol. The van der Waals surface area contributed by atoms with Gasteiger partial charge in [-0.1, -0.05) is 23.7 Å². The van der Waals surface area contributed by atoms with Gasteiger partial charge in [-0.05, 0) is 35.9 Å². The molecule has 0 atom stereocenters. The zero-order valence-electron chi connectivity index (χ0n) is 10.5. The lowest BCUT2D eigenvalue weighted by atomic mass is 10.1. The molecule has 0 unspecified atom stereocenters. The molecule has 0 fully saturated rings. The topological polar surface area (TPSA) is 29.5 Å². The molecule has 0 aromatic heterocycles.